The number of unbranched alkanes of at least 4 members (excludes halogenated alkanes) is 5. The summed E-state index contributed by atoms with van der Waals surface area (Å²) >= 11 is 0. The zero-order valence-electron chi connectivity index (χ0n) is 10.3. The minimum absolute atomic E-state index is 0.441. The van der Waals surface area contributed by atoms with Gasteiger partial charge in [-0.05, 0) is 45.3 Å². The predicted octanol–water partition coefficient (Wildman–Crippen LogP) is 1.86. The van der Waals surface area contributed by atoms with E-state index in [0.717, 1.165) is 19.3 Å². The molecule has 0 spiro atoms. The van der Waals surface area contributed by atoms with E-state index in [1.165, 1.54) is 45.3 Å². The molecule has 1 fully saturated rings. The van der Waals surface area contributed by atoms with Gasteiger partial charge in [0, 0.05) is 12.5 Å². The third kappa shape index (κ3) is 6.23. The van der Waals surface area contributed by atoms with E-state index in [2.05, 4.69) is 4.90 Å². The van der Waals surface area contributed by atoms with Crippen molar-refractivity contribution in [3.8, 4) is 0 Å². The molecular weight excluding hydrogens is 200 g/mol. The summed E-state index contributed by atoms with van der Waals surface area (Å²) < 4.78 is 0. The topological polar surface area (TPSA) is 46.3 Å². The molecule has 2 N–H and O–H groups in total. The average Bonchev–Trinajstić information content (AvgIpc) is 2.30. The fourth-order valence-electron chi connectivity index (χ4n) is 2.24. The van der Waals surface area contributed by atoms with Gasteiger partial charge in [0.1, 0.15) is 0 Å². The summed E-state index contributed by atoms with van der Waals surface area (Å²) in [5, 5.41) is 0. The Morgan fingerprint density at radius 1 is 1.06 bits per heavy atom. The molecule has 16 heavy (non-hydrogen) atoms. The van der Waals surface area contributed by atoms with Crippen LogP contribution in [0.1, 0.15) is 51.4 Å². The Kier molecular flexibility index (Phi) is 7.43. The minimum atomic E-state index is 0.441. The van der Waals surface area contributed by atoms with Crippen molar-refractivity contribution in [2.24, 2.45) is 5.73 Å². The summed E-state index contributed by atoms with van der Waals surface area (Å²) in [6, 6.07) is 0.441. The Bertz CT molecular complexity index is 177. The first-order valence-corrected chi connectivity index (χ1v) is 6.66. The Hall–Kier alpha value is -0.410. The summed E-state index contributed by atoms with van der Waals surface area (Å²) in [7, 11) is 0. The second-order valence-corrected chi connectivity index (χ2v) is 4.84. The summed E-state index contributed by atoms with van der Waals surface area (Å²) in [5.74, 6) is 0. The lowest BCUT2D eigenvalue weighted by Crippen LogP contribution is -2.39. The van der Waals surface area contributed by atoms with Gasteiger partial charge in [0.05, 0.1) is 0 Å². The van der Waals surface area contributed by atoms with Crippen molar-refractivity contribution in [3.63, 3.8) is 0 Å². The fraction of sp³-hybridized carbons (Fsp3) is 0.923. The average molecular weight is 225 g/mol. The number of piperidine rings is 1. The molecule has 1 aliphatic heterocycles. The van der Waals surface area contributed by atoms with Crippen molar-refractivity contribution in [1.29, 1.82) is 0 Å². The molecule has 3 nitrogen and oxygen atoms in total. The zero-order chi connectivity index (χ0) is 11.6. The van der Waals surface area contributed by atoms with Crippen molar-refractivity contribution in [1.82, 2.24) is 4.90 Å². The molecule has 0 aromatic rings. The van der Waals surface area contributed by atoms with E-state index >= 15 is 0 Å². The molecule has 0 saturated carbocycles. The Labute approximate surface area is 99.4 Å². The van der Waals surface area contributed by atoms with Crippen LogP contribution in [0.3, 0.4) is 0 Å². The number of hydrogen-bond acceptors (Lipinski definition) is 3. The highest BCUT2D eigenvalue weighted by Crippen LogP contribution is 2.10. The molecule has 0 aromatic heterocycles. The molecule has 0 atom stereocenters. The van der Waals surface area contributed by atoms with Gasteiger partial charge < -0.3 is 10.6 Å². The summed E-state index contributed by atoms with van der Waals surface area (Å²) in [5.41, 5.74) is 5.86. The van der Waals surface area contributed by atoms with Crippen molar-refractivity contribution < 1.29 is 4.79 Å². The van der Waals surface area contributed by atoms with Crippen molar-refractivity contribution >= 4 is 6.29 Å². The molecule has 0 bridgehead atoms. The number of hydrogen-bond donors (Lipinski definition) is 1. The normalized spacial score (nSPS) is 18.8. The van der Waals surface area contributed by atoms with E-state index in [9.17, 15) is 4.79 Å². The summed E-state index contributed by atoms with van der Waals surface area (Å²) in [6.07, 6.45) is 10.9. The molecule has 1 aliphatic rings. The highest BCUT2D eigenvalue weighted by molar-refractivity contribution is 5.50. The van der Waals surface area contributed by atoms with Gasteiger partial charge in [-0.2, -0.15) is 0 Å². The van der Waals surface area contributed by atoms with Crippen LogP contribution in [-0.2, 0) is 4.79 Å². The molecule has 1 rings (SSSR count). The first-order valence-electron chi connectivity index (χ1n) is 6.66. The maximum Gasteiger partial charge on any atom is 0.198 e. The Balaban J connectivity index is 1.85. The first kappa shape index (κ1) is 13.7. The van der Waals surface area contributed by atoms with Crippen LogP contribution in [0.2, 0.25) is 0 Å². The third-order valence-corrected chi connectivity index (χ3v) is 3.39. The molecule has 0 amide bonds. The van der Waals surface area contributed by atoms with Crippen molar-refractivity contribution in [2.75, 3.05) is 19.6 Å². The van der Waals surface area contributed by atoms with Crippen LogP contribution < -0.4 is 5.73 Å². The highest BCUT2D eigenvalue weighted by Gasteiger charge is 2.14. The highest BCUT2D eigenvalue weighted by atomic mass is 16.1. The molecular formula is C13H25N2O. The van der Waals surface area contributed by atoms with Crippen LogP contribution in [0.25, 0.3) is 0 Å². The fourth-order valence-corrected chi connectivity index (χ4v) is 2.24. The Morgan fingerprint density at radius 2 is 1.69 bits per heavy atom. The number of rotatable bonds is 8. The van der Waals surface area contributed by atoms with Gasteiger partial charge >= 0.3 is 0 Å². The van der Waals surface area contributed by atoms with Gasteiger partial charge in [0.15, 0.2) is 6.29 Å². The van der Waals surface area contributed by atoms with Gasteiger partial charge in [0.25, 0.3) is 0 Å². The maximum atomic E-state index is 9.98. The lowest BCUT2D eigenvalue weighted by atomic mass is 10.1. The van der Waals surface area contributed by atoms with Crippen LogP contribution in [-0.4, -0.2) is 36.9 Å². The molecule has 0 aromatic carbocycles. The standard InChI is InChI=1S/C13H25N2O/c14-13-7-10-15(11-8-13)9-5-3-1-2-4-6-12-16/h13H,1-11,14H2. The van der Waals surface area contributed by atoms with Crippen molar-refractivity contribution in [2.45, 2.75) is 57.4 Å². The molecule has 0 unspecified atom stereocenters. The number of carbonyl (C=O) groups excluding carboxylic acids is 1. The zero-order valence-corrected chi connectivity index (χ0v) is 10.3. The summed E-state index contributed by atoms with van der Waals surface area (Å²) in [4.78, 5) is 12.5. The quantitative estimate of drug-likeness (QED) is 0.641. The van der Waals surface area contributed by atoms with Crippen LogP contribution >= 0.6 is 0 Å². The first-order chi connectivity index (χ1) is 7.83. The number of likely N-dealkylation sites (tertiary alicyclic amines) is 1. The van der Waals surface area contributed by atoms with Crippen LogP contribution in [0.15, 0.2) is 0 Å². The van der Waals surface area contributed by atoms with Crippen molar-refractivity contribution in [3.05, 3.63) is 0 Å². The summed E-state index contributed by atoms with van der Waals surface area (Å²) in [6.45, 7) is 3.59. The van der Waals surface area contributed by atoms with Gasteiger partial charge in [-0.25, -0.2) is 0 Å². The number of nitrogens with zero attached hydrogens (tertiary/aromatic N) is 1. The second kappa shape index (κ2) is 8.71. The second-order valence-electron chi connectivity index (χ2n) is 4.84. The largest absolute Gasteiger partial charge is 0.328 e. The maximum absolute atomic E-state index is 9.98. The molecule has 3 heteroatoms. The van der Waals surface area contributed by atoms with Gasteiger partial charge in [-0.1, -0.05) is 19.3 Å². The van der Waals surface area contributed by atoms with E-state index in [-0.39, 0.29) is 0 Å². The van der Waals surface area contributed by atoms with Crippen LogP contribution in [0, 0.1) is 0 Å². The van der Waals surface area contributed by atoms with E-state index in [4.69, 9.17) is 5.73 Å². The van der Waals surface area contributed by atoms with Gasteiger partial charge in [0.2, 0.25) is 0 Å². The third-order valence-electron chi connectivity index (χ3n) is 3.39. The molecule has 93 valence electrons. The smallest absolute Gasteiger partial charge is 0.198 e. The van der Waals surface area contributed by atoms with E-state index in [1.54, 1.807) is 0 Å². The lowest BCUT2D eigenvalue weighted by molar-refractivity contribution is 0.209. The SMILES string of the molecule is NC1CCN(CCCCCCC[C]=O)CC1. The van der Waals surface area contributed by atoms with E-state index < -0.39 is 0 Å². The van der Waals surface area contributed by atoms with E-state index in [0.29, 0.717) is 12.5 Å². The van der Waals surface area contributed by atoms with Crippen LogP contribution in [0.5, 0.6) is 0 Å². The monoisotopic (exact) mass is 225 g/mol. The van der Waals surface area contributed by atoms with Crippen LogP contribution in [0.4, 0.5) is 0 Å². The van der Waals surface area contributed by atoms with E-state index in [1.807, 2.05) is 6.29 Å². The predicted molar refractivity (Wildman–Crippen MR) is 67.0 cm³/mol. The number of nitrogens with two attached hydrogens (primary N) is 1. The Morgan fingerprint density at radius 3 is 2.38 bits per heavy atom. The molecule has 1 saturated heterocycles. The lowest BCUT2D eigenvalue weighted by Gasteiger charge is -2.29. The van der Waals surface area contributed by atoms with Gasteiger partial charge in [-0.3, -0.25) is 4.79 Å². The van der Waals surface area contributed by atoms with Gasteiger partial charge in [-0.15, -0.1) is 0 Å². The molecule has 0 aliphatic carbocycles. The molecule has 1 heterocycles. The minimum Gasteiger partial charge on any atom is -0.328 e. The molecule has 1 radical (unpaired) electrons.